The van der Waals surface area contributed by atoms with E-state index in [0.29, 0.717) is 0 Å². The Morgan fingerprint density at radius 2 is 1.76 bits per heavy atom. The summed E-state index contributed by atoms with van der Waals surface area (Å²) in [6.45, 7) is 2.09. The molecule has 1 aromatic carbocycles. The van der Waals surface area contributed by atoms with E-state index < -0.39 is 5.79 Å². The van der Waals surface area contributed by atoms with Crippen LogP contribution in [0.1, 0.15) is 24.8 Å². The smallest absolute Gasteiger partial charge is 0.139 e. The minimum atomic E-state index is -0.786. The van der Waals surface area contributed by atoms with Crippen LogP contribution in [0.25, 0.3) is 0 Å². The van der Waals surface area contributed by atoms with Gasteiger partial charge < -0.3 is 10.6 Å². The third kappa shape index (κ3) is 1.82. The molecule has 0 radical (unpaired) electrons. The standard InChI is InChI=1S/C13H20N4/c14-13(15)9-12(5-7-16-8-6-12)10-3-1-2-4-11(10)17-13/h1-4,16-17H,5-9,14-15H2. The van der Waals surface area contributed by atoms with Crippen LogP contribution in [0.5, 0.6) is 0 Å². The molecule has 0 aliphatic carbocycles. The predicted molar refractivity (Wildman–Crippen MR) is 69.6 cm³/mol. The average Bonchev–Trinajstić information content (AvgIpc) is 2.28. The third-order valence-electron chi connectivity index (χ3n) is 4.06. The van der Waals surface area contributed by atoms with Crippen molar-refractivity contribution in [2.75, 3.05) is 18.4 Å². The highest BCUT2D eigenvalue weighted by Crippen LogP contribution is 2.45. The van der Waals surface area contributed by atoms with Gasteiger partial charge in [-0.25, -0.2) is 0 Å². The second-order valence-electron chi connectivity index (χ2n) is 5.42. The van der Waals surface area contributed by atoms with Gasteiger partial charge in [0.2, 0.25) is 0 Å². The van der Waals surface area contributed by atoms with Gasteiger partial charge in [-0.05, 0) is 37.6 Å². The van der Waals surface area contributed by atoms with Crippen LogP contribution in [0.4, 0.5) is 5.69 Å². The fourth-order valence-corrected chi connectivity index (χ4v) is 3.36. The maximum Gasteiger partial charge on any atom is 0.139 e. The summed E-state index contributed by atoms with van der Waals surface area (Å²) in [5.74, 6) is -0.786. The van der Waals surface area contributed by atoms with Crippen molar-refractivity contribution in [1.82, 2.24) is 5.32 Å². The molecule has 1 spiro atoms. The predicted octanol–water partition coefficient (Wildman–Crippen LogP) is 0.695. The summed E-state index contributed by atoms with van der Waals surface area (Å²) in [5.41, 5.74) is 14.9. The van der Waals surface area contributed by atoms with E-state index in [4.69, 9.17) is 11.5 Å². The Kier molecular flexibility index (Phi) is 2.40. The zero-order valence-corrected chi connectivity index (χ0v) is 10.00. The normalized spacial score (nSPS) is 25.1. The molecule has 2 heterocycles. The van der Waals surface area contributed by atoms with Gasteiger partial charge >= 0.3 is 0 Å². The van der Waals surface area contributed by atoms with Gasteiger partial charge in [0.1, 0.15) is 5.79 Å². The van der Waals surface area contributed by atoms with Crippen LogP contribution in [-0.2, 0) is 5.41 Å². The van der Waals surface area contributed by atoms with Crippen molar-refractivity contribution in [3.63, 3.8) is 0 Å². The Morgan fingerprint density at radius 1 is 1.06 bits per heavy atom. The van der Waals surface area contributed by atoms with Crippen molar-refractivity contribution in [3.05, 3.63) is 29.8 Å². The van der Waals surface area contributed by atoms with Crippen molar-refractivity contribution in [2.24, 2.45) is 11.5 Å². The first-order chi connectivity index (χ1) is 8.11. The molecule has 0 amide bonds. The molecule has 3 rings (SSSR count). The Morgan fingerprint density at radius 3 is 2.53 bits per heavy atom. The lowest BCUT2D eigenvalue weighted by Gasteiger charge is -2.48. The summed E-state index contributed by atoms with van der Waals surface area (Å²) >= 11 is 0. The molecule has 0 atom stereocenters. The number of fused-ring (bicyclic) bond motifs is 2. The van der Waals surface area contributed by atoms with E-state index in [1.165, 1.54) is 5.56 Å². The minimum Gasteiger partial charge on any atom is -0.355 e. The fraction of sp³-hybridized carbons (Fsp3) is 0.538. The Hall–Kier alpha value is -1.10. The van der Waals surface area contributed by atoms with Crippen molar-refractivity contribution in [3.8, 4) is 0 Å². The van der Waals surface area contributed by atoms with E-state index in [1.54, 1.807) is 0 Å². The number of nitrogens with one attached hydrogen (secondary N) is 2. The van der Waals surface area contributed by atoms with Gasteiger partial charge in [-0.2, -0.15) is 0 Å². The lowest BCUT2D eigenvalue weighted by Crippen LogP contribution is -2.63. The number of hydrogen-bond acceptors (Lipinski definition) is 4. The van der Waals surface area contributed by atoms with Gasteiger partial charge in [-0.1, -0.05) is 18.2 Å². The summed E-state index contributed by atoms with van der Waals surface area (Å²) in [7, 11) is 0. The van der Waals surface area contributed by atoms with Crippen molar-refractivity contribution >= 4 is 5.69 Å². The van der Waals surface area contributed by atoms with Gasteiger partial charge in [0, 0.05) is 17.5 Å². The van der Waals surface area contributed by atoms with E-state index >= 15 is 0 Å². The zero-order valence-electron chi connectivity index (χ0n) is 10.00. The minimum absolute atomic E-state index is 0.149. The summed E-state index contributed by atoms with van der Waals surface area (Å²) in [6, 6.07) is 8.42. The maximum atomic E-state index is 6.14. The quantitative estimate of drug-likeness (QED) is 0.497. The molecule has 1 aromatic rings. The zero-order chi connectivity index (χ0) is 11.9. The van der Waals surface area contributed by atoms with Crippen LogP contribution in [0.3, 0.4) is 0 Å². The van der Waals surface area contributed by atoms with E-state index in [1.807, 2.05) is 6.07 Å². The van der Waals surface area contributed by atoms with Crippen molar-refractivity contribution < 1.29 is 0 Å². The maximum absolute atomic E-state index is 6.14. The van der Waals surface area contributed by atoms with E-state index in [-0.39, 0.29) is 5.41 Å². The van der Waals surface area contributed by atoms with Crippen molar-refractivity contribution in [2.45, 2.75) is 30.5 Å². The average molecular weight is 232 g/mol. The highest BCUT2D eigenvalue weighted by atomic mass is 15.2. The molecule has 0 aromatic heterocycles. The lowest BCUT2D eigenvalue weighted by atomic mass is 9.67. The second-order valence-corrected chi connectivity index (χ2v) is 5.42. The largest absolute Gasteiger partial charge is 0.355 e. The van der Waals surface area contributed by atoms with Crippen LogP contribution in [0.15, 0.2) is 24.3 Å². The summed E-state index contributed by atoms with van der Waals surface area (Å²) in [5, 5.41) is 6.66. The van der Waals surface area contributed by atoms with E-state index in [2.05, 4.69) is 28.8 Å². The van der Waals surface area contributed by atoms with Crippen LogP contribution >= 0.6 is 0 Å². The number of para-hydroxylation sites is 1. The molecule has 0 saturated carbocycles. The van der Waals surface area contributed by atoms with Crippen LogP contribution < -0.4 is 22.1 Å². The molecule has 2 aliphatic rings. The van der Waals surface area contributed by atoms with Gasteiger partial charge in [0.05, 0.1) is 0 Å². The summed E-state index contributed by atoms with van der Waals surface area (Å²) in [6.07, 6.45) is 3.03. The molecule has 4 nitrogen and oxygen atoms in total. The van der Waals surface area contributed by atoms with Crippen LogP contribution in [0.2, 0.25) is 0 Å². The molecule has 1 saturated heterocycles. The second kappa shape index (κ2) is 3.70. The number of benzene rings is 1. The van der Waals surface area contributed by atoms with Crippen LogP contribution in [0, 0.1) is 0 Å². The summed E-state index contributed by atoms with van der Waals surface area (Å²) in [4.78, 5) is 0. The molecule has 0 unspecified atom stereocenters. The Bertz CT molecular complexity index is 421. The fourth-order valence-electron chi connectivity index (χ4n) is 3.36. The summed E-state index contributed by atoms with van der Waals surface area (Å²) < 4.78 is 0. The monoisotopic (exact) mass is 232 g/mol. The first kappa shape index (κ1) is 11.0. The topological polar surface area (TPSA) is 76.1 Å². The number of hydrogen-bond donors (Lipinski definition) is 4. The van der Waals surface area contributed by atoms with Gasteiger partial charge in [-0.15, -0.1) is 0 Å². The molecule has 17 heavy (non-hydrogen) atoms. The molecule has 1 fully saturated rings. The van der Waals surface area contributed by atoms with Crippen molar-refractivity contribution in [1.29, 1.82) is 0 Å². The first-order valence-corrected chi connectivity index (χ1v) is 6.28. The lowest BCUT2D eigenvalue weighted by molar-refractivity contribution is 0.225. The van der Waals surface area contributed by atoms with E-state index in [0.717, 1.165) is 38.0 Å². The SMILES string of the molecule is NC1(N)CC2(CCNCC2)c2ccccc2N1. The van der Waals surface area contributed by atoms with Gasteiger partial charge in [-0.3, -0.25) is 11.5 Å². The molecule has 2 aliphatic heterocycles. The molecular formula is C13H20N4. The number of rotatable bonds is 0. The van der Waals surface area contributed by atoms with Gasteiger partial charge in [0.15, 0.2) is 0 Å². The molecular weight excluding hydrogens is 212 g/mol. The number of nitrogens with two attached hydrogens (primary N) is 2. The van der Waals surface area contributed by atoms with Crippen LogP contribution in [-0.4, -0.2) is 18.9 Å². The number of anilines is 1. The first-order valence-electron chi connectivity index (χ1n) is 6.28. The Labute approximate surface area is 102 Å². The highest BCUT2D eigenvalue weighted by Gasteiger charge is 2.44. The molecule has 4 heteroatoms. The van der Waals surface area contributed by atoms with Gasteiger partial charge in [0.25, 0.3) is 0 Å². The molecule has 6 N–H and O–H groups in total. The molecule has 92 valence electrons. The van der Waals surface area contributed by atoms with E-state index in [9.17, 15) is 0 Å². The molecule has 0 bridgehead atoms. The highest BCUT2D eigenvalue weighted by molar-refractivity contribution is 5.59. The number of piperidine rings is 1. The Balaban J connectivity index is 2.08. The third-order valence-corrected chi connectivity index (χ3v) is 4.06.